The number of amides is 1. The SMILES string of the molecule is CCOc1ccc(CC(=O)NCc2ccc(C(O)c3ccccc3)s2)cc1. The average Bonchev–Trinajstić information content (AvgIpc) is 3.17. The molecule has 3 aromatic rings. The van der Waals surface area contributed by atoms with Crippen LogP contribution in [0.5, 0.6) is 5.75 Å². The molecule has 0 bridgehead atoms. The van der Waals surface area contributed by atoms with Gasteiger partial charge in [0, 0.05) is 9.75 Å². The molecular formula is C22H23NO3S. The minimum Gasteiger partial charge on any atom is -0.494 e. The molecule has 0 saturated heterocycles. The summed E-state index contributed by atoms with van der Waals surface area (Å²) in [7, 11) is 0. The lowest BCUT2D eigenvalue weighted by atomic mass is 10.1. The Kier molecular flexibility index (Phi) is 6.63. The third-order valence-corrected chi connectivity index (χ3v) is 5.26. The highest BCUT2D eigenvalue weighted by Crippen LogP contribution is 2.28. The van der Waals surface area contributed by atoms with Crippen LogP contribution in [-0.2, 0) is 17.8 Å². The molecule has 0 radical (unpaired) electrons. The molecule has 1 amide bonds. The van der Waals surface area contributed by atoms with E-state index in [9.17, 15) is 9.90 Å². The summed E-state index contributed by atoms with van der Waals surface area (Å²) in [4.78, 5) is 14.1. The highest BCUT2D eigenvalue weighted by Gasteiger charge is 2.13. The molecule has 0 saturated carbocycles. The number of carbonyl (C=O) groups is 1. The first-order valence-electron chi connectivity index (χ1n) is 8.95. The predicted octanol–water partition coefficient (Wildman–Crippen LogP) is 4.09. The van der Waals surface area contributed by atoms with Gasteiger partial charge in [-0.15, -0.1) is 11.3 Å². The van der Waals surface area contributed by atoms with Crippen LogP contribution in [0, 0.1) is 0 Å². The predicted molar refractivity (Wildman–Crippen MR) is 108 cm³/mol. The lowest BCUT2D eigenvalue weighted by Gasteiger charge is -2.08. The molecule has 1 unspecified atom stereocenters. The van der Waals surface area contributed by atoms with E-state index in [0.717, 1.165) is 26.6 Å². The molecule has 27 heavy (non-hydrogen) atoms. The largest absolute Gasteiger partial charge is 0.494 e. The van der Waals surface area contributed by atoms with Gasteiger partial charge in [0.05, 0.1) is 19.6 Å². The maximum atomic E-state index is 12.2. The Hall–Kier alpha value is -2.63. The number of aliphatic hydroxyl groups is 1. The summed E-state index contributed by atoms with van der Waals surface area (Å²) in [6.07, 6.45) is -0.304. The summed E-state index contributed by atoms with van der Waals surface area (Å²) in [5.41, 5.74) is 1.81. The van der Waals surface area contributed by atoms with Crippen molar-refractivity contribution < 1.29 is 14.6 Å². The van der Waals surface area contributed by atoms with Gasteiger partial charge in [-0.1, -0.05) is 42.5 Å². The van der Waals surface area contributed by atoms with Crippen molar-refractivity contribution >= 4 is 17.2 Å². The van der Waals surface area contributed by atoms with E-state index in [4.69, 9.17) is 4.74 Å². The summed E-state index contributed by atoms with van der Waals surface area (Å²) in [6.45, 7) is 3.03. The summed E-state index contributed by atoms with van der Waals surface area (Å²) in [5.74, 6) is 0.780. The Balaban J connectivity index is 1.51. The Morgan fingerprint density at radius 1 is 1.07 bits per heavy atom. The molecule has 140 valence electrons. The minimum atomic E-state index is -0.635. The molecular weight excluding hydrogens is 358 g/mol. The van der Waals surface area contributed by atoms with Crippen LogP contribution < -0.4 is 10.1 Å². The van der Waals surface area contributed by atoms with Gasteiger partial charge in [0.15, 0.2) is 0 Å². The van der Waals surface area contributed by atoms with Gasteiger partial charge in [0.1, 0.15) is 11.9 Å². The highest BCUT2D eigenvalue weighted by atomic mass is 32.1. The van der Waals surface area contributed by atoms with Gasteiger partial charge < -0.3 is 15.2 Å². The summed E-state index contributed by atoms with van der Waals surface area (Å²) in [5, 5.41) is 13.4. The molecule has 1 heterocycles. The number of ether oxygens (including phenoxy) is 1. The smallest absolute Gasteiger partial charge is 0.224 e. The van der Waals surface area contributed by atoms with E-state index in [1.165, 1.54) is 11.3 Å². The molecule has 0 aliphatic rings. The average molecular weight is 381 g/mol. The number of thiophene rings is 1. The van der Waals surface area contributed by atoms with Crippen molar-refractivity contribution in [2.75, 3.05) is 6.61 Å². The lowest BCUT2D eigenvalue weighted by Crippen LogP contribution is -2.24. The molecule has 5 heteroatoms. The van der Waals surface area contributed by atoms with Crippen molar-refractivity contribution in [2.45, 2.75) is 26.0 Å². The summed E-state index contributed by atoms with van der Waals surface area (Å²) < 4.78 is 5.41. The molecule has 4 nitrogen and oxygen atoms in total. The van der Waals surface area contributed by atoms with Gasteiger partial charge in [0.2, 0.25) is 5.91 Å². The third kappa shape index (κ3) is 5.42. The van der Waals surface area contributed by atoms with Crippen LogP contribution in [0.3, 0.4) is 0 Å². The Labute approximate surface area is 163 Å². The maximum Gasteiger partial charge on any atom is 0.224 e. The molecule has 0 aliphatic carbocycles. The van der Waals surface area contributed by atoms with Gasteiger partial charge in [-0.3, -0.25) is 4.79 Å². The van der Waals surface area contributed by atoms with E-state index in [0.29, 0.717) is 19.6 Å². The molecule has 1 atom stereocenters. The zero-order valence-electron chi connectivity index (χ0n) is 15.2. The van der Waals surface area contributed by atoms with E-state index >= 15 is 0 Å². The fraction of sp³-hybridized carbons (Fsp3) is 0.227. The standard InChI is InChI=1S/C22H23NO3S/c1-2-26-18-10-8-16(9-11-18)14-21(24)23-15-19-12-13-20(27-19)22(25)17-6-4-3-5-7-17/h3-13,22,25H,2,14-15H2,1H3,(H,23,24). The topological polar surface area (TPSA) is 58.6 Å². The van der Waals surface area contributed by atoms with Crippen molar-refractivity contribution in [3.63, 3.8) is 0 Å². The lowest BCUT2D eigenvalue weighted by molar-refractivity contribution is -0.120. The highest BCUT2D eigenvalue weighted by molar-refractivity contribution is 7.12. The van der Waals surface area contributed by atoms with Crippen LogP contribution in [0.25, 0.3) is 0 Å². The second-order valence-corrected chi connectivity index (χ2v) is 7.35. The van der Waals surface area contributed by atoms with E-state index in [1.54, 1.807) is 0 Å². The van der Waals surface area contributed by atoms with Crippen LogP contribution in [0.15, 0.2) is 66.7 Å². The van der Waals surface area contributed by atoms with Gasteiger partial charge >= 0.3 is 0 Å². The molecule has 0 aliphatic heterocycles. The molecule has 3 rings (SSSR count). The van der Waals surface area contributed by atoms with Gasteiger partial charge in [-0.2, -0.15) is 0 Å². The van der Waals surface area contributed by atoms with Crippen LogP contribution in [0.4, 0.5) is 0 Å². The van der Waals surface area contributed by atoms with Gasteiger partial charge in [-0.25, -0.2) is 0 Å². The van der Waals surface area contributed by atoms with Crippen LogP contribution >= 0.6 is 11.3 Å². The monoisotopic (exact) mass is 381 g/mol. The van der Waals surface area contributed by atoms with Crippen molar-refractivity contribution in [1.82, 2.24) is 5.32 Å². The van der Waals surface area contributed by atoms with E-state index in [2.05, 4.69) is 5.32 Å². The number of benzene rings is 2. The normalized spacial score (nSPS) is 11.8. The van der Waals surface area contributed by atoms with Crippen LogP contribution in [0.2, 0.25) is 0 Å². The van der Waals surface area contributed by atoms with Crippen LogP contribution in [0.1, 0.15) is 33.9 Å². The minimum absolute atomic E-state index is 0.0299. The number of carbonyl (C=O) groups excluding carboxylic acids is 1. The number of nitrogens with one attached hydrogen (secondary N) is 1. The van der Waals surface area contributed by atoms with Crippen molar-refractivity contribution in [3.8, 4) is 5.75 Å². The fourth-order valence-corrected chi connectivity index (χ4v) is 3.71. The zero-order chi connectivity index (χ0) is 19.1. The molecule has 1 aromatic heterocycles. The second-order valence-electron chi connectivity index (χ2n) is 6.15. The number of rotatable bonds is 8. The number of hydrogen-bond donors (Lipinski definition) is 2. The van der Waals surface area contributed by atoms with Crippen molar-refractivity contribution in [1.29, 1.82) is 0 Å². The van der Waals surface area contributed by atoms with Gasteiger partial charge in [-0.05, 0) is 42.3 Å². The quantitative estimate of drug-likeness (QED) is 0.618. The number of hydrogen-bond acceptors (Lipinski definition) is 4. The van der Waals surface area contributed by atoms with E-state index < -0.39 is 6.10 Å². The molecule has 2 aromatic carbocycles. The van der Waals surface area contributed by atoms with Gasteiger partial charge in [0.25, 0.3) is 0 Å². The molecule has 2 N–H and O–H groups in total. The first-order valence-corrected chi connectivity index (χ1v) is 9.77. The first kappa shape index (κ1) is 19.1. The fourth-order valence-electron chi connectivity index (χ4n) is 2.74. The zero-order valence-corrected chi connectivity index (χ0v) is 16.0. The first-order chi connectivity index (χ1) is 13.2. The molecule has 0 spiro atoms. The van der Waals surface area contributed by atoms with Crippen LogP contribution in [-0.4, -0.2) is 17.6 Å². The maximum absolute atomic E-state index is 12.2. The van der Waals surface area contributed by atoms with Crippen molar-refractivity contribution in [3.05, 3.63) is 87.6 Å². The second kappa shape index (κ2) is 9.35. The molecule has 0 fully saturated rings. The third-order valence-electron chi connectivity index (χ3n) is 4.13. The van der Waals surface area contributed by atoms with Crippen molar-refractivity contribution in [2.24, 2.45) is 0 Å². The number of aliphatic hydroxyl groups excluding tert-OH is 1. The Morgan fingerprint density at radius 2 is 1.81 bits per heavy atom. The Morgan fingerprint density at radius 3 is 2.52 bits per heavy atom. The van der Waals surface area contributed by atoms with E-state index in [-0.39, 0.29) is 5.91 Å². The van der Waals surface area contributed by atoms with E-state index in [1.807, 2.05) is 73.7 Å². The summed E-state index contributed by atoms with van der Waals surface area (Å²) in [6, 6.07) is 21.0. The summed E-state index contributed by atoms with van der Waals surface area (Å²) >= 11 is 1.51. The Bertz CT molecular complexity index is 859.